The molecule has 0 bridgehead atoms. The number of allylic oxidation sites excluding steroid dienone is 5. The van der Waals surface area contributed by atoms with Gasteiger partial charge in [0.15, 0.2) is 37.0 Å². The molecule has 8 unspecified atom stereocenters. The number of rotatable bonds is 25. The SMILES string of the molecule is CC(=O)N[C@H]1C(N)[C@H](O[C@@H]2CC(CO)[C@@H](O)C(O)[C@@H]2NC(C)=O)C(CO)O[C@H]1OC1[C@H](OP(=O)(O)OC[C@@H](OC/C=C(/C)CC/C=C(\C)CCC=C(C)C)C(=O)O)OC(C(N)=O)C(O)[C@@H]1OC(N)=O. The molecule has 1 aliphatic carbocycles. The summed E-state index contributed by atoms with van der Waals surface area (Å²) in [5.41, 5.74) is 20.7. The molecule has 17 atom stereocenters. The molecule has 3 fully saturated rings. The predicted molar refractivity (Wildman–Crippen MR) is 238 cm³/mol. The monoisotopic (exact) mass is 1010 g/mol. The van der Waals surface area contributed by atoms with E-state index in [1.54, 1.807) is 6.08 Å². The first-order chi connectivity index (χ1) is 32.3. The number of carbonyl (C=O) groups excluding carboxylic acids is 4. The highest BCUT2D eigenvalue weighted by Crippen LogP contribution is 2.48. The molecule has 2 saturated heterocycles. The molecule has 0 spiro atoms. The van der Waals surface area contributed by atoms with Crippen molar-refractivity contribution in [1.82, 2.24) is 10.6 Å². The predicted octanol–water partition coefficient (Wildman–Crippen LogP) is -2.03. The Balaban J connectivity index is 1.89. The summed E-state index contributed by atoms with van der Waals surface area (Å²) in [6, 6.07) is -4.33. The normalized spacial score (nSPS) is 33.3. The van der Waals surface area contributed by atoms with Gasteiger partial charge in [-0.3, -0.25) is 23.4 Å². The van der Waals surface area contributed by atoms with Crippen molar-refractivity contribution in [1.29, 1.82) is 0 Å². The summed E-state index contributed by atoms with van der Waals surface area (Å²) in [5.74, 6) is -5.36. The van der Waals surface area contributed by atoms with Crippen molar-refractivity contribution < 1.29 is 102 Å². The number of ether oxygens (including phenoxy) is 6. The van der Waals surface area contributed by atoms with E-state index in [0.717, 1.165) is 38.7 Å². The number of nitrogens with one attached hydrogen (secondary N) is 2. The zero-order valence-electron chi connectivity index (χ0n) is 39.4. The Labute approximate surface area is 399 Å². The number of hydrogen-bond acceptors (Lipinski definition) is 20. The van der Waals surface area contributed by atoms with Crippen molar-refractivity contribution in [3.8, 4) is 0 Å². The van der Waals surface area contributed by atoms with Gasteiger partial charge < -0.3 is 91.8 Å². The number of carbonyl (C=O) groups is 5. The number of amides is 4. The van der Waals surface area contributed by atoms with Crippen molar-refractivity contribution >= 4 is 37.6 Å². The van der Waals surface area contributed by atoms with Crippen molar-refractivity contribution in [2.24, 2.45) is 23.1 Å². The fourth-order valence-electron chi connectivity index (χ4n) is 7.91. The molecule has 0 aromatic heterocycles. The van der Waals surface area contributed by atoms with Crippen molar-refractivity contribution in [3.63, 3.8) is 0 Å². The first-order valence-corrected chi connectivity index (χ1v) is 23.7. The van der Waals surface area contributed by atoms with Crippen molar-refractivity contribution in [2.75, 3.05) is 26.4 Å². The van der Waals surface area contributed by atoms with Gasteiger partial charge in [-0.05, 0) is 59.8 Å². The highest BCUT2D eigenvalue weighted by Gasteiger charge is 2.57. The molecule has 27 heteroatoms. The highest BCUT2D eigenvalue weighted by atomic mass is 31.2. The summed E-state index contributed by atoms with van der Waals surface area (Å²) in [6.45, 7) is 7.26. The molecule has 4 amide bonds. The van der Waals surface area contributed by atoms with Crippen LogP contribution in [0.3, 0.4) is 0 Å². The first-order valence-electron chi connectivity index (χ1n) is 22.2. The second kappa shape index (κ2) is 27.6. The molecule has 0 aromatic rings. The fraction of sp³-hybridized carbons (Fsp3) is 0.738. The molecule has 1 saturated carbocycles. The minimum absolute atomic E-state index is 0.163. The average molecular weight is 1010 g/mol. The topological polar surface area (TPSA) is 420 Å². The number of phosphoric acid groups is 1. The van der Waals surface area contributed by atoms with Crippen LogP contribution in [0.4, 0.5) is 4.79 Å². The lowest BCUT2D eigenvalue weighted by Crippen LogP contribution is -2.72. The smallest absolute Gasteiger partial charge is 0.474 e. The molecule has 3 aliphatic rings. The van der Waals surface area contributed by atoms with E-state index in [-0.39, 0.29) is 13.0 Å². The largest absolute Gasteiger partial charge is 0.479 e. The maximum atomic E-state index is 13.5. The van der Waals surface area contributed by atoms with Gasteiger partial charge in [0.1, 0.15) is 24.4 Å². The van der Waals surface area contributed by atoms with Crippen LogP contribution in [-0.2, 0) is 61.2 Å². The lowest BCUT2D eigenvalue weighted by molar-refractivity contribution is -0.335. The van der Waals surface area contributed by atoms with E-state index >= 15 is 0 Å². The molecule has 0 radical (unpaired) electrons. The summed E-state index contributed by atoms with van der Waals surface area (Å²) in [4.78, 5) is 72.4. The molecule has 394 valence electrons. The lowest BCUT2D eigenvalue weighted by atomic mass is 9.79. The minimum atomic E-state index is -5.56. The highest BCUT2D eigenvalue weighted by molar-refractivity contribution is 7.47. The molecule has 2 heterocycles. The second-order valence-corrected chi connectivity index (χ2v) is 18.8. The molecule has 15 N–H and O–H groups in total. The summed E-state index contributed by atoms with van der Waals surface area (Å²) < 4.78 is 57.9. The van der Waals surface area contributed by atoms with Crippen molar-refractivity contribution in [2.45, 2.75) is 165 Å². The number of primary amides is 2. The van der Waals surface area contributed by atoms with Crippen LogP contribution < -0.4 is 27.8 Å². The Hall–Kier alpha value is -3.96. The Morgan fingerprint density at radius 1 is 0.783 bits per heavy atom. The van der Waals surface area contributed by atoms with Crippen LogP contribution in [0.1, 0.15) is 73.6 Å². The van der Waals surface area contributed by atoms with Crippen LogP contribution in [0.5, 0.6) is 0 Å². The number of carboxylic acid groups (broad SMARTS) is 1. The molecular weight excluding hydrogens is 941 g/mol. The fourth-order valence-corrected chi connectivity index (χ4v) is 8.73. The van der Waals surface area contributed by atoms with Gasteiger partial charge in [0, 0.05) is 26.4 Å². The van der Waals surface area contributed by atoms with Crippen LogP contribution in [0.2, 0.25) is 0 Å². The Morgan fingerprint density at radius 3 is 1.94 bits per heavy atom. The zero-order valence-corrected chi connectivity index (χ0v) is 40.3. The van der Waals surface area contributed by atoms with Gasteiger partial charge in [0.25, 0.3) is 0 Å². The van der Waals surface area contributed by atoms with E-state index in [4.69, 9.17) is 54.7 Å². The van der Waals surface area contributed by atoms with E-state index in [9.17, 15) is 64.1 Å². The standard InChI is InChI=1S/C42H70N5O21P/c1-19(2)9-7-10-20(3)11-8-12-21(4)13-14-61-27(39(56)57)18-62-69(59,60)68-41-37(35(67-42(45)58)33(54)36(65-41)38(44)55)66-40-30(47-23(6)51)28(43)34(26(17-49)64-40)63-25-15-24(16-48)31(52)32(53)29(25)46-22(5)50/h9,11,13,24-37,40-41,48-49,52-54H,7-8,10,12,14-18,43H2,1-6H3,(H2,44,55)(H2,45,58)(H,46,50)(H,47,51)(H,56,57)(H,59,60)/b20-11+,21-13-/t24?,25-,26?,27-,28?,29-,30+,31-,32?,33?,34-,35+,36?,37?,40+,41+/m1/s1. The molecule has 69 heavy (non-hydrogen) atoms. The third kappa shape index (κ3) is 18.0. The van der Waals surface area contributed by atoms with Gasteiger partial charge in [0.2, 0.25) is 17.7 Å². The third-order valence-corrected chi connectivity index (χ3v) is 12.4. The number of nitrogens with two attached hydrogens (primary N) is 3. The van der Waals surface area contributed by atoms with Gasteiger partial charge >= 0.3 is 19.9 Å². The van der Waals surface area contributed by atoms with Crippen molar-refractivity contribution in [3.05, 3.63) is 34.9 Å². The third-order valence-electron chi connectivity index (χ3n) is 11.5. The molecule has 3 rings (SSSR count). The van der Waals surface area contributed by atoms with E-state index in [0.29, 0.717) is 6.42 Å². The van der Waals surface area contributed by atoms with Gasteiger partial charge in [0.05, 0.1) is 50.2 Å². The zero-order chi connectivity index (χ0) is 51.9. The lowest BCUT2D eigenvalue weighted by Gasteiger charge is -2.50. The summed E-state index contributed by atoms with van der Waals surface area (Å²) >= 11 is 0. The Kier molecular flexibility index (Phi) is 23.7. The molecule has 0 aromatic carbocycles. The molecular formula is C42H70N5O21P. The first kappa shape index (κ1) is 59.3. The van der Waals surface area contributed by atoms with E-state index in [1.165, 1.54) is 11.1 Å². The maximum absolute atomic E-state index is 13.5. The molecule has 26 nitrogen and oxygen atoms in total. The minimum Gasteiger partial charge on any atom is -0.479 e. The average Bonchev–Trinajstić information content (AvgIpc) is 3.24. The number of aliphatic hydroxyl groups excluding tert-OH is 5. The van der Waals surface area contributed by atoms with Crippen LogP contribution >= 0.6 is 7.82 Å². The van der Waals surface area contributed by atoms with Crippen LogP contribution in [0.25, 0.3) is 0 Å². The van der Waals surface area contributed by atoms with Gasteiger partial charge in [-0.15, -0.1) is 0 Å². The Morgan fingerprint density at radius 2 is 1.39 bits per heavy atom. The Bertz CT molecular complexity index is 1890. The summed E-state index contributed by atoms with van der Waals surface area (Å²) in [7, 11) is -5.56. The number of carboxylic acids is 1. The van der Waals surface area contributed by atoms with Crippen LogP contribution in [0.15, 0.2) is 34.9 Å². The number of hydrogen-bond donors (Lipinski definition) is 12. The number of phosphoric ester groups is 1. The summed E-state index contributed by atoms with van der Waals surface area (Å²) in [6.07, 6.45) is -15.0. The quantitative estimate of drug-likeness (QED) is 0.0347. The van der Waals surface area contributed by atoms with Crippen LogP contribution in [-0.4, -0.2) is 183 Å². The van der Waals surface area contributed by atoms with Gasteiger partial charge in [-0.25, -0.2) is 14.2 Å². The van der Waals surface area contributed by atoms with E-state index < -0.39 is 155 Å². The van der Waals surface area contributed by atoms with Gasteiger partial charge in [-0.1, -0.05) is 34.9 Å². The summed E-state index contributed by atoms with van der Waals surface area (Å²) in [5, 5.41) is 67.9. The second-order valence-electron chi connectivity index (χ2n) is 17.4. The van der Waals surface area contributed by atoms with E-state index in [2.05, 4.69) is 22.8 Å². The maximum Gasteiger partial charge on any atom is 0.474 e. The number of aliphatic carboxylic acids is 1. The molecule has 2 aliphatic heterocycles. The van der Waals surface area contributed by atoms with Gasteiger partial charge in [-0.2, -0.15) is 0 Å². The van der Waals surface area contributed by atoms with Crippen LogP contribution in [0, 0.1) is 5.92 Å². The number of aliphatic hydroxyl groups is 5. The van der Waals surface area contributed by atoms with E-state index in [1.807, 2.05) is 27.7 Å².